The van der Waals surface area contributed by atoms with Gasteiger partial charge in [0.2, 0.25) is 0 Å². The molecule has 0 nitrogen and oxygen atoms in total. The van der Waals surface area contributed by atoms with Gasteiger partial charge in [0.05, 0.1) is 0 Å². The molecule has 0 N–H and O–H groups in total. The Hall–Kier alpha value is -0.850. The molecule has 0 aromatic heterocycles. The van der Waals surface area contributed by atoms with Gasteiger partial charge in [0, 0.05) is 0 Å². The van der Waals surface area contributed by atoms with Crippen molar-refractivity contribution in [2.45, 2.75) is 51.1 Å². The maximum atomic E-state index is 13.1. The highest BCUT2D eigenvalue weighted by Crippen LogP contribution is 2.38. The van der Waals surface area contributed by atoms with E-state index in [2.05, 4.69) is 37.3 Å². The van der Waals surface area contributed by atoms with E-state index in [-0.39, 0.29) is 0 Å². The summed E-state index contributed by atoms with van der Waals surface area (Å²) >= 11 is 0. The largest absolute Gasteiger partial charge is 0.247 e. The molecule has 16 heavy (non-hydrogen) atoms. The van der Waals surface area contributed by atoms with Gasteiger partial charge in [-0.25, -0.2) is 4.39 Å². The Morgan fingerprint density at radius 1 is 1.12 bits per heavy atom. The molecule has 1 saturated carbocycles. The minimum Gasteiger partial charge on any atom is -0.247 e. The molecule has 0 saturated heterocycles. The molecule has 0 radical (unpaired) electrons. The van der Waals surface area contributed by atoms with Gasteiger partial charge in [0.1, 0.15) is 6.17 Å². The Kier molecular flexibility index (Phi) is 3.98. The van der Waals surface area contributed by atoms with Gasteiger partial charge >= 0.3 is 0 Å². The van der Waals surface area contributed by atoms with Gasteiger partial charge in [-0.05, 0) is 49.5 Å². The monoisotopic (exact) mass is 220 g/mol. The van der Waals surface area contributed by atoms with Gasteiger partial charge in [-0.2, -0.15) is 0 Å². The lowest BCUT2D eigenvalue weighted by atomic mass is 9.75. The van der Waals surface area contributed by atoms with E-state index in [0.29, 0.717) is 11.8 Å². The van der Waals surface area contributed by atoms with E-state index in [4.69, 9.17) is 0 Å². The van der Waals surface area contributed by atoms with Crippen molar-refractivity contribution in [2.24, 2.45) is 5.92 Å². The summed E-state index contributed by atoms with van der Waals surface area (Å²) in [4.78, 5) is 0. The Bertz CT molecular complexity index is 298. The third-order valence-corrected chi connectivity index (χ3v) is 3.94. The van der Waals surface area contributed by atoms with Crippen LogP contribution in [-0.2, 0) is 0 Å². The molecule has 2 rings (SSSR count). The highest BCUT2D eigenvalue weighted by molar-refractivity contribution is 5.20. The van der Waals surface area contributed by atoms with Crippen LogP contribution in [0.25, 0.3) is 0 Å². The van der Waals surface area contributed by atoms with Gasteiger partial charge < -0.3 is 0 Å². The minimum absolute atomic E-state index is 0.537. The molecule has 1 unspecified atom stereocenters. The van der Waals surface area contributed by atoms with Crippen molar-refractivity contribution in [1.82, 2.24) is 0 Å². The summed E-state index contributed by atoms with van der Waals surface area (Å²) in [6.07, 6.45) is 4.31. The first kappa shape index (κ1) is 11.6. The highest BCUT2D eigenvalue weighted by Gasteiger charge is 2.27. The quantitative estimate of drug-likeness (QED) is 0.692. The Balaban J connectivity index is 2.05. The van der Waals surface area contributed by atoms with Crippen molar-refractivity contribution in [3.8, 4) is 0 Å². The van der Waals surface area contributed by atoms with Gasteiger partial charge in [0.15, 0.2) is 0 Å². The number of rotatable bonds is 3. The van der Waals surface area contributed by atoms with E-state index in [1.54, 1.807) is 0 Å². The zero-order valence-corrected chi connectivity index (χ0v) is 10.0. The van der Waals surface area contributed by atoms with Crippen LogP contribution in [0.3, 0.4) is 0 Å². The molecule has 0 amide bonds. The third kappa shape index (κ3) is 2.63. The predicted molar refractivity (Wildman–Crippen MR) is 66.3 cm³/mol. The van der Waals surface area contributed by atoms with Crippen LogP contribution in [0.1, 0.15) is 50.5 Å². The second-order valence-electron chi connectivity index (χ2n) is 4.94. The summed E-state index contributed by atoms with van der Waals surface area (Å²) in [6, 6.07) is 10.7. The molecule has 1 atom stereocenters. The summed E-state index contributed by atoms with van der Waals surface area (Å²) in [5.41, 5.74) is 1.44. The van der Waals surface area contributed by atoms with Crippen molar-refractivity contribution >= 4 is 0 Å². The molecule has 88 valence electrons. The summed E-state index contributed by atoms with van der Waals surface area (Å²) in [7, 11) is 0. The third-order valence-electron chi connectivity index (χ3n) is 3.94. The van der Waals surface area contributed by atoms with Gasteiger partial charge in [-0.3, -0.25) is 0 Å². The smallest absolute Gasteiger partial charge is 0.100 e. The lowest BCUT2D eigenvalue weighted by Gasteiger charge is -2.31. The average molecular weight is 220 g/mol. The van der Waals surface area contributed by atoms with E-state index < -0.39 is 6.17 Å². The van der Waals surface area contributed by atoms with Crippen LogP contribution in [0.15, 0.2) is 30.3 Å². The average Bonchev–Trinajstić information content (AvgIpc) is 2.34. The SMILES string of the molecule is CCC(c1ccccc1)C1CCC(F)CC1. The van der Waals surface area contributed by atoms with Crippen LogP contribution in [0.2, 0.25) is 0 Å². The highest BCUT2D eigenvalue weighted by atomic mass is 19.1. The molecule has 1 aromatic carbocycles. The van der Waals surface area contributed by atoms with Gasteiger partial charge in [-0.1, -0.05) is 37.3 Å². The molecule has 1 aliphatic rings. The molecule has 0 bridgehead atoms. The van der Waals surface area contributed by atoms with Crippen molar-refractivity contribution in [3.05, 3.63) is 35.9 Å². The maximum absolute atomic E-state index is 13.1. The fraction of sp³-hybridized carbons (Fsp3) is 0.600. The summed E-state index contributed by atoms with van der Waals surface area (Å²) < 4.78 is 13.1. The van der Waals surface area contributed by atoms with Crippen molar-refractivity contribution in [1.29, 1.82) is 0 Å². The number of benzene rings is 1. The molecule has 1 heteroatoms. The minimum atomic E-state index is -0.537. The molecular weight excluding hydrogens is 199 g/mol. The zero-order chi connectivity index (χ0) is 11.4. The van der Waals surface area contributed by atoms with Gasteiger partial charge in [-0.15, -0.1) is 0 Å². The number of halogens is 1. The van der Waals surface area contributed by atoms with E-state index in [0.717, 1.165) is 25.7 Å². The van der Waals surface area contributed by atoms with Crippen molar-refractivity contribution in [3.63, 3.8) is 0 Å². The van der Waals surface area contributed by atoms with Crippen molar-refractivity contribution in [2.75, 3.05) is 0 Å². The predicted octanol–water partition coefficient (Wildman–Crippen LogP) is 4.71. The Labute approximate surface area is 97.9 Å². The fourth-order valence-corrected chi connectivity index (χ4v) is 3.02. The number of hydrogen-bond acceptors (Lipinski definition) is 0. The van der Waals surface area contributed by atoms with E-state index in [9.17, 15) is 4.39 Å². The van der Waals surface area contributed by atoms with Crippen LogP contribution in [0, 0.1) is 5.92 Å². The van der Waals surface area contributed by atoms with E-state index in [1.165, 1.54) is 12.0 Å². The second kappa shape index (κ2) is 5.47. The standard InChI is InChI=1S/C15H21F/c1-2-15(12-6-4-3-5-7-12)13-8-10-14(16)11-9-13/h3-7,13-15H,2,8-11H2,1H3. The second-order valence-corrected chi connectivity index (χ2v) is 4.94. The lowest BCUT2D eigenvalue weighted by molar-refractivity contribution is 0.188. The zero-order valence-electron chi connectivity index (χ0n) is 10.0. The maximum Gasteiger partial charge on any atom is 0.100 e. The summed E-state index contributed by atoms with van der Waals surface area (Å²) in [6.45, 7) is 2.25. The van der Waals surface area contributed by atoms with E-state index in [1.807, 2.05) is 0 Å². The lowest BCUT2D eigenvalue weighted by Crippen LogP contribution is -2.20. The van der Waals surface area contributed by atoms with Crippen molar-refractivity contribution < 1.29 is 4.39 Å². The first-order valence-corrected chi connectivity index (χ1v) is 6.50. The molecule has 1 aromatic rings. The molecular formula is C15H21F. The molecule has 0 spiro atoms. The Morgan fingerprint density at radius 2 is 1.75 bits per heavy atom. The molecule has 1 aliphatic carbocycles. The fourth-order valence-electron chi connectivity index (χ4n) is 3.02. The Morgan fingerprint density at radius 3 is 2.31 bits per heavy atom. The van der Waals surface area contributed by atoms with E-state index >= 15 is 0 Å². The normalized spacial score (nSPS) is 27.6. The number of alkyl halides is 1. The summed E-state index contributed by atoms with van der Waals surface area (Å²) in [5.74, 6) is 1.33. The van der Waals surface area contributed by atoms with Crippen LogP contribution >= 0.6 is 0 Å². The van der Waals surface area contributed by atoms with Crippen LogP contribution in [-0.4, -0.2) is 6.17 Å². The molecule has 1 fully saturated rings. The first-order chi connectivity index (χ1) is 7.81. The molecule has 0 aliphatic heterocycles. The molecule has 0 heterocycles. The van der Waals surface area contributed by atoms with Gasteiger partial charge in [0.25, 0.3) is 0 Å². The topological polar surface area (TPSA) is 0 Å². The number of hydrogen-bond donors (Lipinski definition) is 0. The van der Waals surface area contributed by atoms with Crippen LogP contribution in [0.5, 0.6) is 0 Å². The summed E-state index contributed by atoms with van der Waals surface area (Å²) in [5, 5.41) is 0. The first-order valence-electron chi connectivity index (χ1n) is 6.50. The van der Waals surface area contributed by atoms with Crippen LogP contribution in [0.4, 0.5) is 4.39 Å². The van der Waals surface area contributed by atoms with Crippen LogP contribution < -0.4 is 0 Å².